The number of rotatable bonds is 4. The van der Waals surface area contributed by atoms with Gasteiger partial charge in [-0.1, -0.05) is 43.7 Å². The van der Waals surface area contributed by atoms with Crippen LogP contribution in [-0.2, 0) is 0 Å². The van der Waals surface area contributed by atoms with E-state index in [0.29, 0.717) is 18.4 Å². The zero-order chi connectivity index (χ0) is 11.4. The maximum atomic E-state index is 6.24. The fraction of sp³-hybridized carbons (Fsp3) is 0.538. The highest BCUT2D eigenvalue weighted by Crippen LogP contribution is 2.25. The quantitative estimate of drug-likeness (QED) is 0.793. The molecule has 2 nitrogen and oxygen atoms in total. The van der Waals surface area contributed by atoms with Gasteiger partial charge in [-0.3, -0.25) is 0 Å². The molecule has 2 atom stereocenters. The van der Waals surface area contributed by atoms with E-state index < -0.39 is 0 Å². The number of hydrogen-bond donors (Lipinski definition) is 2. The summed E-state index contributed by atoms with van der Waals surface area (Å²) in [6.07, 6.45) is 0. The van der Waals surface area contributed by atoms with E-state index in [1.165, 1.54) is 11.1 Å². The number of benzene rings is 1. The molecule has 1 aromatic carbocycles. The highest BCUT2D eigenvalue weighted by atomic mass is 14.7. The van der Waals surface area contributed by atoms with Crippen LogP contribution < -0.4 is 11.5 Å². The zero-order valence-corrected chi connectivity index (χ0v) is 9.90. The Morgan fingerprint density at radius 1 is 1.27 bits per heavy atom. The summed E-state index contributed by atoms with van der Waals surface area (Å²) in [5.74, 6) is 0.873. The van der Waals surface area contributed by atoms with Crippen LogP contribution in [0.1, 0.15) is 31.0 Å². The molecule has 0 saturated carbocycles. The summed E-state index contributed by atoms with van der Waals surface area (Å²) in [6, 6.07) is 8.43. The lowest BCUT2D eigenvalue weighted by Crippen LogP contribution is -2.31. The molecular weight excluding hydrogens is 184 g/mol. The van der Waals surface area contributed by atoms with Gasteiger partial charge in [0.05, 0.1) is 0 Å². The molecule has 0 heterocycles. The fourth-order valence-corrected chi connectivity index (χ4v) is 1.96. The molecule has 1 aromatic rings. The summed E-state index contributed by atoms with van der Waals surface area (Å²) in [6.45, 7) is 7.08. The van der Waals surface area contributed by atoms with Gasteiger partial charge in [0.25, 0.3) is 0 Å². The number of hydrogen-bond acceptors (Lipinski definition) is 2. The Hall–Kier alpha value is -0.860. The van der Waals surface area contributed by atoms with E-state index in [1.54, 1.807) is 0 Å². The maximum Gasteiger partial charge on any atom is 0.0338 e. The standard InChI is InChI=1S/C13H22N2/c1-9(2)12(8-14)13(15)11-6-4-5-10(3)7-11/h4-7,9,12-13H,8,14-15H2,1-3H3. The van der Waals surface area contributed by atoms with Gasteiger partial charge >= 0.3 is 0 Å². The van der Waals surface area contributed by atoms with E-state index >= 15 is 0 Å². The van der Waals surface area contributed by atoms with Gasteiger partial charge < -0.3 is 11.5 Å². The van der Waals surface area contributed by atoms with Crippen molar-refractivity contribution >= 4 is 0 Å². The van der Waals surface area contributed by atoms with Crippen LogP contribution in [-0.4, -0.2) is 6.54 Å². The van der Waals surface area contributed by atoms with E-state index in [-0.39, 0.29) is 6.04 Å². The molecule has 0 bridgehead atoms. The molecule has 4 N–H and O–H groups in total. The first-order valence-corrected chi connectivity index (χ1v) is 5.58. The summed E-state index contributed by atoms with van der Waals surface area (Å²) in [5.41, 5.74) is 14.5. The molecule has 15 heavy (non-hydrogen) atoms. The topological polar surface area (TPSA) is 52.0 Å². The lowest BCUT2D eigenvalue weighted by molar-refractivity contribution is 0.331. The van der Waals surface area contributed by atoms with Crippen molar-refractivity contribution in [1.29, 1.82) is 0 Å². The molecular formula is C13H22N2. The maximum absolute atomic E-state index is 6.24. The first-order valence-electron chi connectivity index (χ1n) is 5.58. The molecule has 0 aliphatic carbocycles. The molecule has 1 rings (SSSR count). The van der Waals surface area contributed by atoms with Crippen LogP contribution in [0.3, 0.4) is 0 Å². The lowest BCUT2D eigenvalue weighted by atomic mass is 9.85. The third-order valence-corrected chi connectivity index (χ3v) is 3.02. The van der Waals surface area contributed by atoms with Crippen LogP contribution in [0.2, 0.25) is 0 Å². The summed E-state index contributed by atoms with van der Waals surface area (Å²) in [5, 5.41) is 0. The van der Waals surface area contributed by atoms with E-state index in [2.05, 4.69) is 45.0 Å². The van der Waals surface area contributed by atoms with Crippen molar-refractivity contribution in [3.8, 4) is 0 Å². The second kappa shape index (κ2) is 5.29. The van der Waals surface area contributed by atoms with Crippen molar-refractivity contribution < 1.29 is 0 Å². The van der Waals surface area contributed by atoms with Gasteiger partial charge in [0.15, 0.2) is 0 Å². The minimum atomic E-state index is 0.0508. The fourth-order valence-electron chi connectivity index (χ4n) is 1.96. The van der Waals surface area contributed by atoms with Gasteiger partial charge in [0.1, 0.15) is 0 Å². The van der Waals surface area contributed by atoms with Gasteiger partial charge in [0.2, 0.25) is 0 Å². The Bertz CT molecular complexity index is 307. The van der Waals surface area contributed by atoms with E-state index in [4.69, 9.17) is 11.5 Å². The highest BCUT2D eigenvalue weighted by molar-refractivity contribution is 5.25. The lowest BCUT2D eigenvalue weighted by Gasteiger charge is -2.26. The van der Waals surface area contributed by atoms with Gasteiger partial charge in [-0.05, 0) is 30.9 Å². The van der Waals surface area contributed by atoms with Gasteiger partial charge in [-0.25, -0.2) is 0 Å². The highest BCUT2D eigenvalue weighted by Gasteiger charge is 2.21. The van der Waals surface area contributed by atoms with E-state index in [9.17, 15) is 0 Å². The molecule has 0 aliphatic heterocycles. The monoisotopic (exact) mass is 206 g/mol. The predicted octanol–water partition coefficient (Wildman–Crippen LogP) is 2.23. The minimum Gasteiger partial charge on any atom is -0.330 e. The van der Waals surface area contributed by atoms with E-state index in [0.717, 1.165) is 0 Å². The Labute approximate surface area is 92.7 Å². The molecule has 84 valence electrons. The Morgan fingerprint density at radius 2 is 1.93 bits per heavy atom. The van der Waals surface area contributed by atoms with Crippen molar-refractivity contribution in [3.63, 3.8) is 0 Å². The summed E-state index contributed by atoms with van der Waals surface area (Å²) < 4.78 is 0. The van der Waals surface area contributed by atoms with Crippen LogP contribution in [0.15, 0.2) is 24.3 Å². The van der Waals surface area contributed by atoms with Crippen LogP contribution in [0.25, 0.3) is 0 Å². The first kappa shape index (κ1) is 12.2. The average Bonchev–Trinajstić information content (AvgIpc) is 2.18. The Kier molecular flexibility index (Phi) is 4.30. The van der Waals surface area contributed by atoms with Crippen LogP contribution >= 0.6 is 0 Å². The summed E-state index contributed by atoms with van der Waals surface area (Å²) >= 11 is 0. The second-order valence-electron chi connectivity index (χ2n) is 4.58. The largest absolute Gasteiger partial charge is 0.330 e. The molecule has 2 unspecified atom stereocenters. The third-order valence-electron chi connectivity index (χ3n) is 3.02. The molecule has 0 saturated heterocycles. The van der Waals surface area contributed by atoms with Crippen LogP contribution in [0.4, 0.5) is 0 Å². The molecule has 0 amide bonds. The SMILES string of the molecule is Cc1cccc(C(N)C(CN)C(C)C)c1. The summed E-state index contributed by atoms with van der Waals surface area (Å²) in [4.78, 5) is 0. The number of aryl methyl sites for hydroxylation is 1. The van der Waals surface area contributed by atoms with E-state index in [1.807, 2.05) is 0 Å². The van der Waals surface area contributed by atoms with Crippen molar-refractivity contribution in [2.24, 2.45) is 23.3 Å². The van der Waals surface area contributed by atoms with Gasteiger partial charge in [-0.15, -0.1) is 0 Å². The van der Waals surface area contributed by atoms with Crippen molar-refractivity contribution in [3.05, 3.63) is 35.4 Å². The molecule has 2 heteroatoms. The third kappa shape index (κ3) is 3.05. The minimum absolute atomic E-state index is 0.0508. The van der Waals surface area contributed by atoms with Crippen molar-refractivity contribution in [2.45, 2.75) is 26.8 Å². The number of nitrogens with two attached hydrogens (primary N) is 2. The Balaban J connectivity index is 2.87. The molecule has 0 fully saturated rings. The van der Waals surface area contributed by atoms with Crippen LogP contribution in [0, 0.1) is 18.8 Å². The average molecular weight is 206 g/mol. The normalized spacial score (nSPS) is 15.3. The summed E-state index contributed by atoms with van der Waals surface area (Å²) in [7, 11) is 0. The van der Waals surface area contributed by atoms with Gasteiger partial charge in [0, 0.05) is 6.04 Å². The molecule has 0 spiro atoms. The molecule has 0 aromatic heterocycles. The molecule has 0 aliphatic rings. The Morgan fingerprint density at radius 3 is 2.40 bits per heavy atom. The first-order chi connectivity index (χ1) is 7.06. The van der Waals surface area contributed by atoms with Crippen LogP contribution in [0.5, 0.6) is 0 Å². The van der Waals surface area contributed by atoms with Crippen molar-refractivity contribution in [1.82, 2.24) is 0 Å². The van der Waals surface area contributed by atoms with Gasteiger partial charge in [-0.2, -0.15) is 0 Å². The zero-order valence-electron chi connectivity index (χ0n) is 9.90. The smallest absolute Gasteiger partial charge is 0.0338 e. The van der Waals surface area contributed by atoms with Crippen molar-refractivity contribution in [2.75, 3.05) is 6.54 Å². The molecule has 0 radical (unpaired) electrons. The second-order valence-corrected chi connectivity index (χ2v) is 4.58. The predicted molar refractivity (Wildman–Crippen MR) is 65.5 cm³/mol.